The van der Waals surface area contributed by atoms with E-state index in [1.54, 1.807) is 13.0 Å². The van der Waals surface area contributed by atoms with Gasteiger partial charge in [-0.15, -0.1) is 0 Å². The van der Waals surface area contributed by atoms with E-state index in [9.17, 15) is 15.0 Å². The summed E-state index contributed by atoms with van der Waals surface area (Å²) < 4.78 is 12.7. The summed E-state index contributed by atoms with van der Waals surface area (Å²) in [5.41, 5.74) is 0.472. The summed E-state index contributed by atoms with van der Waals surface area (Å²) in [5, 5.41) is 32.2. The number of nitriles is 1. The summed E-state index contributed by atoms with van der Waals surface area (Å²) in [6, 6.07) is 1.79. The molecule has 1 aliphatic rings. The molecule has 1 saturated heterocycles. The Hall–Kier alpha value is -2.91. The molecule has 0 saturated carbocycles. The Morgan fingerprint density at radius 3 is 2.83 bits per heavy atom. The van der Waals surface area contributed by atoms with Crippen LogP contribution in [0.2, 0.25) is 0 Å². The number of hydrogen-bond acceptors (Lipinski definition) is 9. The molecule has 3 N–H and O–H groups in total. The van der Waals surface area contributed by atoms with Crippen LogP contribution in [0.3, 0.4) is 0 Å². The van der Waals surface area contributed by atoms with Crippen LogP contribution in [0, 0.1) is 11.3 Å². The van der Waals surface area contributed by atoms with Crippen LogP contribution in [-0.4, -0.2) is 66.7 Å². The van der Waals surface area contributed by atoms with Gasteiger partial charge in [-0.3, -0.25) is 9.36 Å². The standard InChI is InChI=1S/C18H22N6O5/c1-4-10(5-19)17(27)23-15-12-16(21-7-20-15)24(8-22-12)18-14(26)13(25)11(29-18)6-28-9(2)3/h4,7-9,11,13-14,18,25-26H,6H2,1-3H3,(H,20,21,23,27)/b10-4+/t11-,13+,14+,18+/m0/s1. The van der Waals surface area contributed by atoms with E-state index in [2.05, 4.69) is 20.3 Å². The van der Waals surface area contributed by atoms with E-state index in [4.69, 9.17) is 14.7 Å². The number of amides is 1. The highest BCUT2D eigenvalue weighted by atomic mass is 16.6. The summed E-state index contributed by atoms with van der Waals surface area (Å²) in [6.45, 7) is 5.41. The van der Waals surface area contributed by atoms with Crippen LogP contribution in [0.1, 0.15) is 27.0 Å². The van der Waals surface area contributed by atoms with Crippen LogP contribution in [0.5, 0.6) is 0 Å². The molecule has 2 aromatic heterocycles. The monoisotopic (exact) mass is 402 g/mol. The van der Waals surface area contributed by atoms with Crippen molar-refractivity contribution in [2.75, 3.05) is 11.9 Å². The van der Waals surface area contributed by atoms with Gasteiger partial charge in [0.15, 0.2) is 23.2 Å². The highest BCUT2D eigenvalue weighted by molar-refractivity contribution is 6.08. The van der Waals surface area contributed by atoms with Gasteiger partial charge < -0.3 is 25.0 Å². The number of imidazole rings is 1. The molecule has 11 heteroatoms. The minimum atomic E-state index is -1.23. The van der Waals surface area contributed by atoms with Gasteiger partial charge in [0, 0.05) is 0 Å². The summed E-state index contributed by atoms with van der Waals surface area (Å²) >= 11 is 0. The predicted octanol–water partition coefficient (Wildman–Crippen LogP) is 0.279. The van der Waals surface area contributed by atoms with Gasteiger partial charge in [-0.25, -0.2) is 15.0 Å². The fourth-order valence-electron chi connectivity index (χ4n) is 2.93. The Bertz CT molecular complexity index is 965. The van der Waals surface area contributed by atoms with Crippen molar-refractivity contribution in [2.45, 2.75) is 51.4 Å². The van der Waals surface area contributed by atoms with Gasteiger partial charge in [0.2, 0.25) is 0 Å². The largest absolute Gasteiger partial charge is 0.387 e. The van der Waals surface area contributed by atoms with Crippen molar-refractivity contribution in [2.24, 2.45) is 0 Å². The first kappa shape index (κ1) is 20.8. The van der Waals surface area contributed by atoms with Gasteiger partial charge in [0.25, 0.3) is 5.91 Å². The lowest BCUT2D eigenvalue weighted by Gasteiger charge is -2.17. The molecule has 0 unspecified atom stereocenters. The number of anilines is 1. The first-order valence-corrected chi connectivity index (χ1v) is 9.05. The Balaban J connectivity index is 1.87. The van der Waals surface area contributed by atoms with Crippen LogP contribution < -0.4 is 5.32 Å². The lowest BCUT2D eigenvalue weighted by molar-refractivity contribution is -0.112. The lowest BCUT2D eigenvalue weighted by Crippen LogP contribution is -2.34. The van der Waals surface area contributed by atoms with Crippen molar-refractivity contribution in [3.8, 4) is 6.07 Å². The van der Waals surface area contributed by atoms with E-state index < -0.39 is 30.4 Å². The van der Waals surface area contributed by atoms with E-state index in [1.165, 1.54) is 23.3 Å². The number of nitrogens with zero attached hydrogens (tertiary/aromatic N) is 5. The summed E-state index contributed by atoms with van der Waals surface area (Å²) in [7, 11) is 0. The van der Waals surface area contributed by atoms with Crippen molar-refractivity contribution < 1.29 is 24.5 Å². The Morgan fingerprint density at radius 2 is 2.17 bits per heavy atom. The van der Waals surface area contributed by atoms with Crippen molar-refractivity contribution in [3.63, 3.8) is 0 Å². The first-order chi connectivity index (χ1) is 13.9. The minimum Gasteiger partial charge on any atom is -0.387 e. The average Bonchev–Trinajstić information content (AvgIpc) is 3.24. The van der Waals surface area contributed by atoms with E-state index in [0.717, 1.165) is 0 Å². The van der Waals surface area contributed by atoms with E-state index in [-0.39, 0.29) is 35.3 Å². The molecule has 3 heterocycles. The molecule has 1 aliphatic heterocycles. The molecule has 0 aromatic carbocycles. The second kappa shape index (κ2) is 8.62. The number of aliphatic hydroxyl groups excluding tert-OH is 2. The van der Waals surface area contributed by atoms with Gasteiger partial charge in [0.05, 0.1) is 19.0 Å². The number of aromatic nitrogens is 4. The molecular formula is C18H22N6O5. The summed E-state index contributed by atoms with van der Waals surface area (Å²) in [5.74, 6) is -0.510. The summed E-state index contributed by atoms with van der Waals surface area (Å²) in [4.78, 5) is 24.5. The molecule has 2 aromatic rings. The Labute approximate surface area is 166 Å². The number of aliphatic hydroxyl groups is 2. The molecule has 11 nitrogen and oxygen atoms in total. The van der Waals surface area contributed by atoms with E-state index in [0.29, 0.717) is 0 Å². The second-order valence-electron chi connectivity index (χ2n) is 6.74. The van der Waals surface area contributed by atoms with Crippen molar-refractivity contribution in [3.05, 3.63) is 24.3 Å². The van der Waals surface area contributed by atoms with Gasteiger partial charge >= 0.3 is 0 Å². The number of hydrogen-bond donors (Lipinski definition) is 3. The normalized spacial score (nSPS) is 24.8. The molecule has 4 atom stereocenters. The Kier molecular flexibility index (Phi) is 6.19. The number of ether oxygens (including phenoxy) is 2. The second-order valence-corrected chi connectivity index (χ2v) is 6.74. The predicted molar refractivity (Wildman–Crippen MR) is 100 cm³/mol. The number of fused-ring (bicyclic) bond motifs is 1. The van der Waals surface area contributed by atoms with Crippen molar-refractivity contribution in [1.29, 1.82) is 5.26 Å². The quantitative estimate of drug-likeness (QED) is 0.456. The van der Waals surface area contributed by atoms with Crippen LogP contribution >= 0.6 is 0 Å². The Morgan fingerprint density at radius 1 is 1.41 bits per heavy atom. The molecular weight excluding hydrogens is 380 g/mol. The topological polar surface area (TPSA) is 155 Å². The fourth-order valence-corrected chi connectivity index (χ4v) is 2.93. The molecule has 154 valence electrons. The van der Waals surface area contributed by atoms with Crippen LogP contribution in [-0.2, 0) is 14.3 Å². The van der Waals surface area contributed by atoms with Gasteiger partial charge in [-0.05, 0) is 20.8 Å². The van der Waals surface area contributed by atoms with Crippen molar-refractivity contribution >= 4 is 22.9 Å². The third-order valence-corrected chi connectivity index (χ3v) is 4.45. The maximum Gasteiger partial charge on any atom is 0.267 e. The van der Waals surface area contributed by atoms with Crippen LogP contribution in [0.4, 0.5) is 5.82 Å². The van der Waals surface area contributed by atoms with E-state index >= 15 is 0 Å². The van der Waals surface area contributed by atoms with Crippen molar-refractivity contribution in [1.82, 2.24) is 19.5 Å². The van der Waals surface area contributed by atoms with Gasteiger partial charge in [-0.2, -0.15) is 5.26 Å². The zero-order valence-corrected chi connectivity index (χ0v) is 16.2. The first-order valence-electron chi connectivity index (χ1n) is 9.05. The number of nitrogens with one attached hydrogen (secondary N) is 1. The fraction of sp³-hybridized carbons (Fsp3) is 0.500. The maximum absolute atomic E-state index is 12.1. The number of rotatable bonds is 6. The average molecular weight is 402 g/mol. The molecule has 1 fully saturated rings. The highest BCUT2D eigenvalue weighted by Gasteiger charge is 2.44. The minimum absolute atomic E-state index is 0.0505. The van der Waals surface area contributed by atoms with E-state index in [1.807, 2.05) is 13.8 Å². The number of carbonyl (C=O) groups is 1. The lowest BCUT2D eigenvalue weighted by atomic mass is 10.1. The highest BCUT2D eigenvalue weighted by Crippen LogP contribution is 2.32. The smallest absolute Gasteiger partial charge is 0.267 e. The van der Waals surface area contributed by atoms with Crippen LogP contribution in [0.15, 0.2) is 24.3 Å². The molecule has 0 aliphatic carbocycles. The molecule has 3 rings (SSSR count). The number of allylic oxidation sites excluding steroid dienone is 1. The molecule has 29 heavy (non-hydrogen) atoms. The molecule has 1 amide bonds. The molecule has 0 bridgehead atoms. The zero-order chi connectivity index (χ0) is 21.1. The third-order valence-electron chi connectivity index (χ3n) is 4.45. The van der Waals surface area contributed by atoms with Crippen LogP contribution in [0.25, 0.3) is 11.2 Å². The SMILES string of the molecule is C/C=C(\C#N)C(=O)Nc1ncnc2c1ncn2[C@@H]1O[C@@H](COC(C)C)[C@@H](O)[C@H]1O. The zero-order valence-electron chi connectivity index (χ0n) is 16.2. The molecule has 0 radical (unpaired) electrons. The molecule has 0 spiro atoms. The third kappa shape index (κ3) is 4.10. The maximum atomic E-state index is 12.1. The van der Waals surface area contributed by atoms with Gasteiger partial charge in [0.1, 0.15) is 36.3 Å². The summed E-state index contributed by atoms with van der Waals surface area (Å²) in [6.07, 6.45) is -0.111. The van der Waals surface area contributed by atoms with Gasteiger partial charge in [-0.1, -0.05) is 6.08 Å². The number of carbonyl (C=O) groups excluding carboxylic acids is 1.